The smallest absolute Gasteiger partial charge is 0.164 e. The summed E-state index contributed by atoms with van der Waals surface area (Å²) in [5, 5.41) is 6.71. The second kappa shape index (κ2) is 12.6. The fraction of sp³-hybridized carbons (Fsp3) is 0. The molecule has 0 atom stereocenters. The van der Waals surface area contributed by atoms with Gasteiger partial charge < -0.3 is 8.83 Å². The lowest BCUT2D eigenvalue weighted by molar-refractivity contribution is 0.668. The minimum Gasteiger partial charge on any atom is -0.456 e. The largest absolute Gasteiger partial charge is 0.456 e. The van der Waals surface area contributed by atoms with Crippen LogP contribution in [0.15, 0.2) is 185 Å². The number of para-hydroxylation sites is 1. The molecular formula is C51H29N3O2S. The fourth-order valence-corrected chi connectivity index (χ4v) is 9.54. The van der Waals surface area contributed by atoms with Crippen LogP contribution in [0.2, 0.25) is 0 Å². The molecule has 0 N–H and O–H groups in total. The van der Waals surface area contributed by atoms with Crippen LogP contribution >= 0.6 is 11.3 Å². The predicted octanol–water partition coefficient (Wildman–Crippen LogP) is 14.4. The Morgan fingerprint density at radius 1 is 0.333 bits per heavy atom. The van der Waals surface area contributed by atoms with Crippen LogP contribution in [0.25, 0.3) is 120 Å². The Balaban J connectivity index is 1.07. The quantitative estimate of drug-likeness (QED) is 0.175. The Bertz CT molecular complexity index is 3470. The van der Waals surface area contributed by atoms with E-state index in [1.54, 1.807) is 0 Å². The van der Waals surface area contributed by atoms with Gasteiger partial charge in [-0.05, 0) is 65.2 Å². The molecule has 8 aromatic carbocycles. The van der Waals surface area contributed by atoms with E-state index >= 15 is 0 Å². The molecule has 0 spiro atoms. The van der Waals surface area contributed by atoms with E-state index in [0.29, 0.717) is 17.5 Å². The number of thiophene rings is 1. The number of benzene rings is 8. The monoisotopic (exact) mass is 747 g/mol. The van der Waals surface area contributed by atoms with Gasteiger partial charge in [-0.2, -0.15) is 0 Å². The summed E-state index contributed by atoms with van der Waals surface area (Å²) in [6.07, 6.45) is 0. The number of hydrogen-bond donors (Lipinski definition) is 0. The molecule has 266 valence electrons. The average Bonchev–Trinajstić information content (AvgIpc) is 3.97. The molecule has 57 heavy (non-hydrogen) atoms. The Hall–Kier alpha value is -7.41. The van der Waals surface area contributed by atoms with Gasteiger partial charge in [0, 0.05) is 64.0 Å². The normalized spacial score (nSPS) is 11.9. The maximum Gasteiger partial charge on any atom is 0.164 e. The van der Waals surface area contributed by atoms with E-state index in [9.17, 15) is 0 Å². The Labute approximate surface area is 330 Å². The molecule has 5 nitrogen and oxygen atoms in total. The molecule has 0 amide bonds. The lowest BCUT2D eigenvalue weighted by atomic mass is 9.93. The minimum absolute atomic E-state index is 0.598. The summed E-state index contributed by atoms with van der Waals surface area (Å²) < 4.78 is 15.5. The number of aromatic nitrogens is 3. The van der Waals surface area contributed by atoms with Crippen LogP contribution < -0.4 is 0 Å². The fourth-order valence-electron chi connectivity index (χ4n) is 8.32. The molecule has 0 fully saturated rings. The third-order valence-corrected chi connectivity index (χ3v) is 12.2. The van der Waals surface area contributed by atoms with Gasteiger partial charge in [-0.1, -0.05) is 127 Å². The molecule has 0 aliphatic rings. The number of rotatable bonds is 5. The highest BCUT2D eigenvalue weighted by Crippen LogP contribution is 2.46. The molecule has 0 saturated carbocycles. The summed E-state index contributed by atoms with van der Waals surface area (Å²) in [5.74, 6) is 1.84. The van der Waals surface area contributed by atoms with Crippen LogP contribution in [0.3, 0.4) is 0 Å². The molecule has 0 aliphatic heterocycles. The molecule has 4 aromatic heterocycles. The molecule has 6 heteroatoms. The van der Waals surface area contributed by atoms with Crippen LogP contribution in [0.1, 0.15) is 0 Å². The number of fused-ring (bicyclic) bond motifs is 9. The standard InChI is InChI=1S/C51H29N3O2S/c1-3-13-30(14-4-1)49-52-50(31-15-5-2-6-16-31)54-51(53-49)38-20-12-23-43-47(38)37-26-25-32(29-44(37)56-43)39-27-33(28-40-35-17-8-10-24-45(35)57-48(39)40)34-19-11-22-42-46(34)36-18-7-9-21-41(36)55-42/h1-29H. The Morgan fingerprint density at radius 2 is 0.912 bits per heavy atom. The lowest BCUT2D eigenvalue weighted by Crippen LogP contribution is -2.00. The minimum atomic E-state index is 0.598. The molecule has 0 aliphatic carbocycles. The van der Waals surface area contributed by atoms with Gasteiger partial charge >= 0.3 is 0 Å². The number of nitrogens with zero attached hydrogens (tertiary/aromatic N) is 3. The van der Waals surface area contributed by atoms with Gasteiger partial charge in [-0.25, -0.2) is 15.0 Å². The zero-order valence-electron chi connectivity index (χ0n) is 30.3. The zero-order chi connectivity index (χ0) is 37.5. The zero-order valence-corrected chi connectivity index (χ0v) is 31.1. The van der Waals surface area contributed by atoms with Gasteiger partial charge in [0.2, 0.25) is 0 Å². The van der Waals surface area contributed by atoms with Crippen LogP contribution in [0, 0.1) is 0 Å². The van der Waals surface area contributed by atoms with E-state index in [0.717, 1.165) is 82.8 Å². The second-order valence-corrected chi connectivity index (χ2v) is 15.4. The van der Waals surface area contributed by atoms with Crippen molar-refractivity contribution in [2.45, 2.75) is 0 Å². The van der Waals surface area contributed by atoms with Crippen molar-refractivity contribution < 1.29 is 8.83 Å². The van der Waals surface area contributed by atoms with Crippen LogP contribution in [-0.2, 0) is 0 Å². The summed E-state index contributed by atoms with van der Waals surface area (Å²) in [7, 11) is 0. The van der Waals surface area contributed by atoms with Gasteiger partial charge in [-0.15, -0.1) is 11.3 Å². The van der Waals surface area contributed by atoms with E-state index < -0.39 is 0 Å². The van der Waals surface area contributed by atoms with Crippen LogP contribution in [-0.4, -0.2) is 15.0 Å². The highest BCUT2D eigenvalue weighted by Gasteiger charge is 2.21. The molecule has 12 rings (SSSR count). The molecule has 12 aromatic rings. The predicted molar refractivity (Wildman–Crippen MR) is 234 cm³/mol. The summed E-state index contributed by atoms with van der Waals surface area (Å²) in [6, 6.07) is 60.9. The Kier molecular flexibility index (Phi) is 7.03. The second-order valence-electron chi connectivity index (χ2n) is 14.3. The summed E-state index contributed by atoms with van der Waals surface area (Å²) >= 11 is 1.83. The lowest BCUT2D eigenvalue weighted by Gasteiger charge is -2.10. The first-order valence-electron chi connectivity index (χ1n) is 18.9. The summed E-state index contributed by atoms with van der Waals surface area (Å²) in [6.45, 7) is 0. The van der Waals surface area contributed by atoms with Crippen molar-refractivity contribution in [3.05, 3.63) is 176 Å². The molecular weight excluding hydrogens is 719 g/mol. The summed E-state index contributed by atoms with van der Waals surface area (Å²) in [5.41, 5.74) is 10.6. The molecule has 0 radical (unpaired) electrons. The van der Waals surface area contributed by atoms with E-state index in [4.69, 9.17) is 23.8 Å². The van der Waals surface area contributed by atoms with Crippen molar-refractivity contribution in [1.82, 2.24) is 15.0 Å². The first-order valence-corrected chi connectivity index (χ1v) is 19.7. The van der Waals surface area contributed by atoms with Gasteiger partial charge in [0.1, 0.15) is 22.3 Å². The van der Waals surface area contributed by atoms with Crippen molar-refractivity contribution >= 4 is 75.4 Å². The number of furan rings is 2. The van der Waals surface area contributed by atoms with Gasteiger partial charge in [0.25, 0.3) is 0 Å². The third kappa shape index (κ3) is 5.12. The third-order valence-electron chi connectivity index (χ3n) is 10.9. The average molecular weight is 748 g/mol. The van der Waals surface area contributed by atoms with E-state index in [1.165, 1.54) is 20.2 Å². The highest BCUT2D eigenvalue weighted by atomic mass is 32.1. The SMILES string of the molecule is c1ccc(-c2nc(-c3ccccc3)nc(-c3cccc4oc5cc(-c6cc(-c7cccc8oc9ccccc9c78)cc7c6sc6ccccc67)ccc5c34)n2)cc1. The molecule has 4 heterocycles. The van der Waals surface area contributed by atoms with E-state index in [-0.39, 0.29) is 0 Å². The molecule has 0 saturated heterocycles. The molecule has 0 bridgehead atoms. The van der Waals surface area contributed by atoms with Crippen molar-refractivity contribution in [2.75, 3.05) is 0 Å². The highest BCUT2D eigenvalue weighted by molar-refractivity contribution is 7.26. The topological polar surface area (TPSA) is 65.0 Å². The summed E-state index contributed by atoms with van der Waals surface area (Å²) in [4.78, 5) is 15.0. The van der Waals surface area contributed by atoms with Crippen LogP contribution in [0.5, 0.6) is 0 Å². The van der Waals surface area contributed by atoms with Crippen LogP contribution in [0.4, 0.5) is 0 Å². The van der Waals surface area contributed by atoms with Crippen molar-refractivity contribution in [3.63, 3.8) is 0 Å². The van der Waals surface area contributed by atoms with Gasteiger partial charge in [-0.3, -0.25) is 0 Å². The first-order chi connectivity index (χ1) is 28.2. The van der Waals surface area contributed by atoms with E-state index in [1.807, 2.05) is 96.3 Å². The van der Waals surface area contributed by atoms with Crippen molar-refractivity contribution in [3.8, 4) is 56.4 Å². The van der Waals surface area contributed by atoms with Gasteiger partial charge in [0.05, 0.1) is 0 Å². The molecule has 0 unspecified atom stereocenters. The van der Waals surface area contributed by atoms with Gasteiger partial charge in [0.15, 0.2) is 17.5 Å². The Morgan fingerprint density at radius 3 is 1.67 bits per heavy atom. The number of hydrogen-bond acceptors (Lipinski definition) is 6. The van der Waals surface area contributed by atoms with Crippen molar-refractivity contribution in [1.29, 1.82) is 0 Å². The van der Waals surface area contributed by atoms with Crippen molar-refractivity contribution in [2.24, 2.45) is 0 Å². The van der Waals surface area contributed by atoms with E-state index in [2.05, 4.69) is 91.0 Å². The maximum absolute atomic E-state index is 6.71. The maximum atomic E-state index is 6.71. The first kappa shape index (κ1) is 31.9.